The number of pyridine rings is 1. The number of amides is 1. The van der Waals surface area contributed by atoms with E-state index in [-0.39, 0.29) is 5.69 Å². The zero-order chi connectivity index (χ0) is 17.8. The minimum atomic E-state index is -0.607. The maximum absolute atomic E-state index is 12.4. The Kier molecular flexibility index (Phi) is 5.12. The van der Waals surface area contributed by atoms with Crippen LogP contribution in [0.25, 0.3) is 0 Å². The number of hydrogen-bond donors (Lipinski definition) is 1. The Hall–Kier alpha value is -2.69. The molecule has 0 saturated carbocycles. The number of esters is 1. The number of aryl methyl sites for hydroxylation is 1. The van der Waals surface area contributed by atoms with Gasteiger partial charge in [0.25, 0.3) is 0 Å². The third kappa shape index (κ3) is 3.71. The highest BCUT2D eigenvalue weighted by Gasteiger charge is 2.39. The van der Waals surface area contributed by atoms with Gasteiger partial charge in [-0.05, 0) is 35.6 Å². The normalized spacial score (nSPS) is 18.6. The number of fused-ring (bicyclic) bond motifs is 1. The molecule has 2 N–H and O–H groups in total. The van der Waals surface area contributed by atoms with Crippen molar-refractivity contribution in [1.29, 1.82) is 0 Å². The summed E-state index contributed by atoms with van der Waals surface area (Å²) in [4.78, 5) is 28.5. The zero-order valence-corrected chi connectivity index (χ0v) is 14.3. The van der Waals surface area contributed by atoms with Crippen LogP contribution in [0.5, 0.6) is 0 Å². The molecule has 0 aliphatic heterocycles. The van der Waals surface area contributed by atoms with E-state index in [2.05, 4.69) is 11.9 Å². The van der Waals surface area contributed by atoms with E-state index in [4.69, 9.17) is 10.5 Å². The molecule has 2 atom stereocenters. The Labute approximate surface area is 147 Å². The highest BCUT2D eigenvalue weighted by Crippen LogP contribution is 2.35. The van der Waals surface area contributed by atoms with Crippen LogP contribution >= 0.6 is 0 Å². The Morgan fingerprint density at radius 2 is 2.04 bits per heavy atom. The summed E-state index contributed by atoms with van der Waals surface area (Å²) >= 11 is 0. The molecule has 5 nitrogen and oxygen atoms in total. The summed E-state index contributed by atoms with van der Waals surface area (Å²) in [5.74, 6) is -1.61. The van der Waals surface area contributed by atoms with Gasteiger partial charge in [0.05, 0.1) is 0 Å². The maximum Gasteiger partial charge on any atom is 0.357 e. The standard InChI is InChI=1S/C20H22N2O3/c1-2-3-6-13-9-10-16(22-12-13)20(24)25-17-11-14-7-4-5-8-15(14)18(17)19(21)23/h4-5,7-10,12,17-18H,2-3,6,11H2,1H3,(H2,21,23). The fraction of sp³-hybridized carbons (Fsp3) is 0.350. The first-order chi connectivity index (χ1) is 12.1. The lowest BCUT2D eigenvalue weighted by atomic mass is 9.99. The largest absolute Gasteiger partial charge is 0.456 e. The second-order valence-electron chi connectivity index (χ2n) is 6.38. The van der Waals surface area contributed by atoms with E-state index in [1.807, 2.05) is 30.3 Å². The molecule has 0 saturated heterocycles. The molecule has 1 aromatic carbocycles. The summed E-state index contributed by atoms with van der Waals surface area (Å²) in [7, 11) is 0. The van der Waals surface area contributed by atoms with Gasteiger partial charge in [-0.3, -0.25) is 4.79 Å². The van der Waals surface area contributed by atoms with Gasteiger partial charge >= 0.3 is 5.97 Å². The van der Waals surface area contributed by atoms with Crippen molar-refractivity contribution in [2.45, 2.75) is 44.6 Å². The number of carbonyl (C=O) groups excluding carboxylic acids is 2. The van der Waals surface area contributed by atoms with Gasteiger partial charge in [-0.1, -0.05) is 43.7 Å². The van der Waals surface area contributed by atoms with E-state index >= 15 is 0 Å². The number of ether oxygens (including phenoxy) is 1. The van der Waals surface area contributed by atoms with E-state index in [9.17, 15) is 9.59 Å². The number of nitrogens with two attached hydrogens (primary N) is 1. The van der Waals surface area contributed by atoms with Crippen LogP contribution in [0.2, 0.25) is 0 Å². The quantitative estimate of drug-likeness (QED) is 0.821. The molecule has 2 aromatic rings. The first kappa shape index (κ1) is 17.1. The number of carbonyl (C=O) groups is 2. The average molecular weight is 338 g/mol. The van der Waals surface area contributed by atoms with Crippen LogP contribution in [-0.2, 0) is 22.4 Å². The van der Waals surface area contributed by atoms with Crippen molar-refractivity contribution in [2.24, 2.45) is 5.73 Å². The first-order valence-electron chi connectivity index (χ1n) is 8.63. The number of unbranched alkanes of at least 4 members (excludes halogenated alkanes) is 1. The summed E-state index contributed by atoms with van der Waals surface area (Å²) in [6, 6.07) is 11.1. The first-order valence-corrected chi connectivity index (χ1v) is 8.63. The lowest BCUT2D eigenvalue weighted by molar-refractivity contribution is -0.121. The Morgan fingerprint density at radius 1 is 1.24 bits per heavy atom. The lowest BCUT2D eigenvalue weighted by Gasteiger charge is -2.18. The number of hydrogen-bond acceptors (Lipinski definition) is 4. The van der Waals surface area contributed by atoms with Crippen LogP contribution in [0, 0.1) is 0 Å². The van der Waals surface area contributed by atoms with Gasteiger partial charge in [-0.15, -0.1) is 0 Å². The third-order valence-electron chi connectivity index (χ3n) is 4.60. The molecule has 25 heavy (non-hydrogen) atoms. The van der Waals surface area contributed by atoms with E-state index in [1.165, 1.54) is 0 Å². The highest BCUT2D eigenvalue weighted by molar-refractivity contribution is 5.89. The molecule has 0 spiro atoms. The molecule has 0 fully saturated rings. The van der Waals surface area contributed by atoms with Crippen molar-refractivity contribution in [1.82, 2.24) is 4.98 Å². The molecular weight excluding hydrogens is 316 g/mol. The van der Waals surface area contributed by atoms with Gasteiger partial charge in [0.15, 0.2) is 0 Å². The minimum absolute atomic E-state index is 0.249. The van der Waals surface area contributed by atoms with Crippen molar-refractivity contribution in [2.75, 3.05) is 0 Å². The van der Waals surface area contributed by atoms with Crippen molar-refractivity contribution in [3.05, 3.63) is 65.0 Å². The molecule has 5 heteroatoms. The SMILES string of the molecule is CCCCc1ccc(C(=O)OC2Cc3ccccc3C2C(N)=O)nc1. The summed E-state index contributed by atoms with van der Waals surface area (Å²) < 4.78 is 5.57. The number of primary amides is 1. The molecule has 1 amide bonds. The molecule has 0 bridgehead atoms. The molecule has 3 rings (SSSR count). The zero-order valence-electron chi connectivity index (χ0n) is 14.3. The minimum Gasteiger partial charge on any atom is -0.456 e. The van der Waals surface area contributed by atoms with Gasteiger partial charge in [0.2, 0.25) is 5.91 Å². The fourth-order valence-corrected chi connectivity index (χ4v) is 3.28. The predicted octanol–water partition coefficient (Wildman–Crippen LogP) is 2.77. The van der Waals surface area contributed by atoms with Crippen LogP contribution in [0.15, 0.2) is 42.6 Å². The van der Waals surface area contributed by atoms with Crippen LogP contribution in [0.1, 0.15) is 52.9 Å². The summed E-state index contributed by atoms with van der Waals surface area (Å²) in [6.45, 7) is 2.13. The van der Waals surface area contributed by atoms with Gasteiger partial charge in [0.1, 0.15) is 17.7 Å². The molecule has 1 heterocycles. The molecule has 130 valence electrons. The van der Waals surface area contributed by atoms with E-state index in [1.54, 1.807) is 12.3 Å². The van der Waals surface area contributed by atoms with Gasteiger partial charge in [0, 0.05) is 12.6 Å². The van der Waals surface area contributed by atoms with E-state index < -0.39 is 23.9 Å². The van der Waals surface area contributed by atoms with Crippen LogP contribution < -0.4 is 5.73 Å². The monoisotopic (exact) mass is 338 g/mol. The second-order valence-corrected chi connectivity index (χ2v) is 6.38. The fourth-order valence-electron chi connectivity index (χ4n) is 3.28. The average Bonchev–Trinajstić information content (AvgIpc) is 2.98. The summed E-state index contributed by atoms with van der Waals surface area (Å²) in [5.41, 5.74) is 8.72. The topological polar surface area (TPSA) is 82.3 Å². The molecular formula is C20H22N2O3. The number of benzene rings is 1. The van der Waals surface area contributed by atoms with Crippen LogP contribution in [0.4, 0.5) is 0 Å². The molecule has 1 aromatic heterocycles. The van der Waals surface area contributed by atoms with E-state index in [0.29, 0.717) is 6.42 Å². The van der Waals surface area contributed by atoms with Crippen molar-refractivity contribution in [3.63, 3.8) is 0 Å². The van der Waals surface area contributed by atoms with Crippen molar-refractivity contribution >= 4 is 11.9 Å². The van der Waals surface area contributed by atoms with Crippen molar-refractivity contribution < 1.29 is 14.3 Å². The number of nitrogens with zero attached hydrogens (tertiary/aromatic N) is 1. The predicted molar refractivity (Wildman–Crippen MR) is 94.1 cm³/mol. The third-order valence-corrected chi connectivity index (χ3v) is 4.60. The second kappa shape index (κ2) is 7.47. The van der Waals surface area contributed by atoms with Gasteiger partial charge in [-0.2, -0.15) is 0 Å². The molecule has 2 unspecified atom stereocenters. The van der Waals surface area contributed by atoms with Crippen LogP contribution in [-0.4, -0.2) is 23.0 Å². The Morgan fingerprint density at radius 3 is 2.72 bits per heavy atom. The van der Waals surface area contributed by atoms with Gasteiger partial charge in [-0.25, -0.2) is 9.78 Å². The van der Waals surface area contributed by atoms with Gasteiger partial charge < -0.3 is 10.5 Å². The summed E-state index contributed by atoms with van der Waals surface area (Å²) in [6.07, 6.45) is 4.77. The lowest BCUT2D eigenvalue weighted by Crippen LogP contribution is -2.32. The summed E-state index contributed by atoms with van der Waals surface area (Å²) in [5, 5.41) is 0. The Bertz CT molecular complexity index is 771. The molecule has 1 aliphatic rings. The highest BCUT2D eigenvalue weighted by atomic mass is 16.5. The molecule has 0 radical (unpaired) electrons. The van der Waals surface area contributed by atoms with Crippen LogP contribution in [0.3, 0.4) is 0 Å². The smallest absolute Gasteiger partial charge is 0.357 e. The Balaban J connectivity index is 1.71. The number of rotatable bonds is 6. The van der Waals surface area contributed by atoms with E-state index in [0.717, 1.165) is 36.0 Å². The number of aromatic nitrogens is 1. The maximum atomic E-state index is 12.4. The van der Waals surface area contributed by atoms with Crippen molar-refractivity contribution in [3.8, 4) is 0 Å². The molecule has 1 aliphatic carbocycles.